The lowest BCUT2D eigenvalue weighted by Crippen LogP contribution is -2.20. The summed E-state index contributed by atoms with van der Waals surface area (Å²) < 4.78 is 0. The topological polar surface area (TPSA) is 20.2 Å². The fourth-order valence-corrected chi connectivity index (χ4v) is 2.59. The molecule has 0 unspecified atom stereocenters. The molecule has 0 amide bonds. The van der Waals surface area contributed by atoms with Crippen LogP contribution >= 0.6 is 0 Å². The summed E-state index contributed by atoms with van der Waals surface area (Å²) in [7, 11) is 0. The Morgan fingerprint density at radius 2 is 1.62 bits per heavy atom. The highest BCUT2D eigenvalue weighted by Gasteiger charge is 2.42. The second-order valence-electron chi connectivity index (χ2n) is 4.88. The standard InChI is InChI=1S/C12H16O/c1-11(2)8-12(3,13)10-7-5-4-6-9(10)11/h4-7,13H,8H2,1-3H3/t12-/m0/s1. The van der Waals surface area contributed by atoms with Gasteiger partial charge < -0.3 is 5.11 Å². The summed E-state index contributed by atoms with van der Waals surface area (Å²) in [6, 6.07) is 8.19. The minimum atomic E-state index is -0.639. The summed E-state index contributed by atoms with van der Waals surface area (Å²) in [5.41, 5.74) is 1.86. The van der Waals surface area contributed by atoms with Gasteiger partial charge in [0, 0.05) is 0 Å². The normalized spacial score (nSPS) is 30.2. The molecule has 1 N–H and O–H groups in total. The van der Waals surface area contributed by atoms with Gasteiger partial charge in [0.15, 0.2) is 0 Å². The van der Waals surface area contributed by atoms with Crippen molar-refractivity contribution in [1.29, 1.82) is 0 Å². The van der Waals surface area contributed by atoms with Crippen LogP contribution in [-0.4, -0.2) is 5.11 Å². The van der Waals surface area contributed by atoms with Crippen LogP contribution in [0.25, 0.3) is 0 Å². The van der Waals surface area contributed by atoms with E-state index in [0.717, 1.165) is 12.0 Å². The van der Waals surface area contributed by atoms with Crippen molar-refractivity contribution in [2.45, 2.75) is 38.2 Å². The lowest BCUT2D eigenvalue weighted by atomic mass is 9.86. The van der Waals surface area contributed by atoms with Gasteiger partial charge in [0.05, 0.1) is 5.60 Å². The van der Waals surface area contributed by atoms with Crippen LogP contribution in [-0.2, 0) is 11.0 Å². The Hall–Kier alpha value is -0.820. The Bertz CT molecular complexity index is 304. The van der Waals surface area contributed by atoms with Crippen molar-refractivity contribution in [3.05, 3.63) is 35.4 Å². The molecule has 13 heavy (non-hydrogen) atoms. The largest absolute Gasteiger partial charge is 0.385 e. The van der Waals surface area contributed by atoms with E-state index in [0.29, 0.717) is 0 Å². The molecule has 1 aromatic rings. The monoisotopic (exact) mass is 176 g/mol. The Labute approximate surface area is 79.4 Å². The highest BCUT2D eigenvalue weighted by atomic mass is 16.3. The lowest BCUT2D eigenvalue weighted by molar-refractivity contribution is 0.0456. The van der Waals surface area contributed by atoms with Crippen LogP contribution in [0.1, 0.15) is 38.3 Å². The van der Waals surface area contributed by atoms with Crippen LogP contribution in [0, 0.1) is 0 Å². The van der Waals surface area contributed by atoms with E-state index in [9.17, 15) is 5.11 Å². The van der Waals surface area contributed by atoms with E-state index in [-0.39, 0.29) is 5.41 Å². The van der Waals surface area contributed by atoms with Gasteiger partial charge in [-0.3, -0.25) is 0 Å². The van der Waals surface area contributed by atoms with Gasteiger partial charge in [0.1, 0.15) is 0 Å². The van der Waals surface area contributed by atoms with Crippen molar-refractivity contribution in [1.82, 2.24) is 0 Å². The highest BCUT2D eigenvalue weighted by Crippen LogP contribution is 2.47. The molecule has 1 nitrogen and oxygen atoms in total. The Kier molecular flexibility index (Phi) is 1.59. The van der Waals surface area contributed by atoms with Gasteiger partial charge in [-0.1, -0.05) is 38.1 Å². The lowest BCUT2D eigenvalue weighted by Gasteiger charge is -2.21. The SMILES string of the molecule is CC1(C)C[C@](C)(O)c2ccccc21. The summed E-state index contributed by atoms with van der Waals surface area (Å²) in [4.78, 5) is 0. The molecule has 1 aliphatic rings. The predicted molar refractivity (Wildman–Crippen MR) is 53.7 cm³/mol. The van der Waals surface area contributed by atoms with Crippen molar-refractivity contribution < 1.29 is 5.11 Å². The van der Waals surface area contributed by atoms with E-state index in [1.807, 2.05) is 25.1 Å². The van der Waals surface area contributed by atoms with Crippen LogP contribution in [0.2, 0.25) is 0 Å². The third kappa shape index (κ3) is 1.19. The third-order valence-corrected chi connectivity index (χ3v) is 3.02. The first-order valence-corrected chi connectivity index (χ1v) is 4.76. The fourth-order valence-electron chi connectivity index (χ4n) is 2.59. The minimum Gasteiger partial charge on any atom is -0.385 e. The number of benzene rings is 1. The molecular weight excluding hydrogens is 160 g/mol. The molecule has 1 atom stereocenters. The summed E-state index contributed by atoms with van der Waals surface area (Å²) in [6.07, 6.45) is 0.819. The summed E-state index contributed by atoms with van der Waals surface area (Å²) in [5.74, 6) is 0. The van der Waals surface area contributed by atoms with E-state index >= 15 is 0 Å². The molecule has 0 spiro atoms. The summed E-state index contributed by atoms with van der Waals surface area (Å²) >= 11 is 0. The first-order valence-electron chi connectivity index (χ1n) is 4.76. The molecule has 0 aliphatic heterocycles. The van der Waals surface area contributed by atoms with E-state index in [4.69, 9.17) is 0 Å². The van der Waals surface area contributed by atoms with Crippen molar-refractivity contribution in [3.8, 4) is 0 Å². The van der Waals surface area contributed by atoms with Gasteiger partial charge in [0.2, 0.25) is 0 Å². The zero-order valence-corrected chi connectivity index (χ0v) is 8.46. The molecule has 1 aromatic carbocycles. The molecule has 0 saturated heterocycles. The molecule has 0 bridgehead atoms. The Morgan fingerprint density at radius 1 is 1.08 bits per heavy atom. The molecular formula is C12H16O. The Morgan fingerprint density at radius 3 is 2.15 bits per heavy atom. The molecule has 1 heteroatoms. The molecule has 0 fully saturated rings. The zero-order chi connectivity index (χ0) is 9.69. The van der Waals surface area contributed by atoms with Crippen LogP contribution in [0.4, 0.5) is 0 Å². The number of rotatable bonds is 0. The minimum absolute atomic E-state index is 0.111. The predicted octanol–water partition coefficient (Wildman–Crippen LogP) is 2.58. The second-order valence-corrected chi connectivity index (χ2v) is 4.88. The van der Waals surface area contributed by atoms with Gasteiger partial charge in [-0.15, -0.1) is 0 Å². The maximum absolute atomic E-state index is 10.2. The molecule has 2 rings (SSSR count). The average Bonchev–Trinajstić information content (AvgIpc) is 2.20. The molecule has 0 radical (unpaired) electrons. The summed E-state index contributed by atoms with van der Waals surface area (Å²) in [5, 5.41) is 10.2. The molecule has 0 saturated carbocycles. The van der Waals surface area contributed by atoms with Crippen LogP contribution in [0.3, 0.4) is 0 Å². The second kappa shape index (κ2) is 2.36. The average molecular weight is 176 g/mol. The van der Waals surface area contributed by atoms with Gasteiger partial charge in [-0.25, -0.2) is 0 Å². The molecule has 70 valence electrons. The number of hydrogen-bond acceptors (Lipinski definition) is 1. The van der Waals surface area contributed by atoms with E-state index < -0.39 is 5.60 Å². The number of hydrogen-bond donors (Lipinski definition) is 1. The van der Waals surface area contributed by atoms with Gasteiger partial charge in [-0.05, 0) is 29.9 Å². The Balaban J connectivity index is 2.64. The van der Waals surface area contributed by atoms with Crippen molar-refractivity contribution >= 4 is 0 Å². The number of fused-ring (bicyclic) bond motifs is 1. The zero-order valence-electron chi connectivity index (χ0n) is 8.46. The van der Waals surface area contributed by atoms with Gasteiger partial charge in [-0.2, -0.15) is 0 Å². The van der Waals surface area contributed by atoms with Crippen LogP contribution in [0.15, 0.2) is 24.3 Å². The van der Waals surface area contributed by atoms with Crippen molar-refractivity contribution in [2.24, 2.45) is 0 Å². The fraction of sp³-hybridized carbons (Fsp3) is 0.500. The third-order valence-electron chi connectivity index (χ3n) is 3.02. The van der Waals surface area contributed by atoms with Crippen LogP contribution < -0.4 is 0 Å². The van der Waals surface area contributed by atoms with Crippen molar-refractivity contribution in [2.75, 3.05) is 0 Å². The summed E-state index contributed by atoms with van der Waals surface area (Å²) in [6.45, 7) is 6.28. The molecule has 1 aliphatic carbocycles. The van der Waals surface area contributed by atoms with Crippen molar-refractivity contribution in [3.63, 3.8) is 0 Å². The van der Waals surface area contributed by atoms with E-state index in [2.05, 4.69) is 19.9 Å². The maximum atomic E-state index is 10.2. The van der Waals surface area contributed by atoms with E-state index in [1.165, 1.54) is 5.56 Å². The van der Waals surface area contributed by atoms with Gasteiger partial charge in [0.25, 0.3) is 0 Å². The quantitative estimate of drug-likeness (QED) is 0.644. The first-order chi connectivity index (χ1) is 5.93. The van der Waals surface area contributed by atoms with E-state index in [1.54, 1.807) is 0 Å². The number of aliphatic hydroxyl groups is 1. The molecule has 0 heterocycles. The smallest absolute Gasteiger partial charge is 0.0879 e. The molecule has 0 aromatic heterocycles. The maximum Gasteiger partial charge on any atom is 0.0879 e. The van der Waals surface area contributed by atoms with Crippen LogP contribution in [0.5, 0.6) is 0 Å². The van der Waals surface area contributed by atoms with Gasteiger partial charge >= 0.3 is 0 Å². The first kappa shape index (κ1) is 8.76. The highest BCUT2D eigenvalue weighted by molar-refractivity contribution is 5.42.